The number of amides is 1. The number of hydrogen-bond acceptors (Lipinski definition) is 6. The highest BCUT2D eigenvalue weighted by atomic mass is 16.6. The van der Waals surface area contributed by atoms with Gasteiger partial charge in [0, 0.05) is 17.8 Å². The third-order valence-electron chi connectivity index (χ3n) is 3.34. The summed E-state index contributed by atoms with van der Waals surface area (Å²) in [6.07, 6.45) is 0. The zero-order chi connectivity index (χ0) is 18.4. The molecule has 0 saturated heterocycles. The van der Waals surface area contributed by atoms with Crippen LogP contribution in [0.25, 0.3) is 0 Å². The average molecular weight is 344 g/mol. The van der Waals surface area contributed by atoms with Gasteiger partial charge in [-0.3, -0.25) is 14.9 Å². The Hall–Kier alpha value is -3.42. The Morgan fingerprint density at radius 3 is 2.44 bits per heavy atom. The number of carbonyl (C=O) groups excluding carboxylic acids is 2. The third kappa shape index (κ3) is 4.77. The van der Waals surface area contributed by atoms with Crippen LogP contribution in [0.1, 0.15) is 15.9 Å². The lowest BCUT2D eigenvalue weighted by molar-refractivity contribution is -0.384. The molecule has 8 nitrogen and oxygen atoms in total. The van der Waals surface area contributed by atoms with Gasteiger partial charge in [-0.05, 0) is 36.8 Å². The van der Waals surface area contributed by atoms with E-state index in [0.29, 0.717) is 11.4 Å². The first-order chi connectivity index (χ1) is 11.9. The van der Waals surface area contributed by atoms with Crippen molar-refractivity contribution < 1.29 is 24.0 Å². The number of nitrogens with zero attached hydrogens (tertiary/aromatic N) is 1. The van der Waals surface area contributed by atoms with Crippen molar-refractivity contribution >= 4 is 23.3 Å². The van der Waals surface area contributed by atoms with E-state index in [2.05, 4.69) is 5.32 Å². The molecule has 0 saturated carbocycles. The molecule has 0 aliphatic heterocycles. The van der Waals surface area contributed by atoms with Crippen molar-refractivity contribution in [2.24, 2.45) is 0 Å². The van der Waals surface area contributed by atoms with Crippen LogP contribution in [-0.4, -0.2) is 30.5 Å². The van der Waals surface area contributed by atoms with Gasteiger partial charge >= 0.3 is 5.97 Å². The van der Waals surface area contributed by atoms with Crippen LogP contribution < -0.4 is 10.1 Å². The summed E-state index contributed by atoms with van der Waals surface area (Å²) in [6, 6.07) is 10.1. The van der Waals surface area contributed by atoms with Crippen molar-refractivity contribution in [1.82, 2.24) is 0 Å². The van der Waals surface area contributed by atoms with Gasteiger partial charge in [0.05, 0.1) is 17.6 Å². The third-order valence-corrected chi connectivity index (χ3v) is 3.34. The van der Waals surface area contributed by atoms with Crippen molar-refractivity contribution in [3.8, 4) is 5.75 Å². The summed E-state index contributed by atoms with van der Waals surface area (Å²) in [5, 5.41) is 13.0. The first kappa shape index (κ1) is 17.9. The minimum Gasteiger partial charge on any atom is -0.496 e. The zero-order valence-electron chi connectivity index (χ0n) is 13.6. The average Bonchev–Trinajstić information content (AvgIpc) is 2.60. The smallest absolute Gasteiger partial charge is 0.338 e. The summed E-state index contributed by atoms with van der Waals surface area (Å²) in [6.45, 7) is 1.36. The van der Waals surface area contributed by atoms with Crippen LogP contribution >= 0.6 is 0 Å². The molecule has 0 heterocycles. The van der Waals surface area contributed by atoms with Gasteiger partial charge in [-0.2, -0.15) is 0 Å². The summed E-state index contributed by atoms with van der Waals surface area (Å²) in [5.74, 6) is -0.664. The second-order valence-electron chi connectivity index (χ2n) is 5.11. The molecular formula is C17H16N2O6. The van der Waals surface area contributed by atoms with Crippen molar-refractivity contribution in [2.75, 3.05) is 19.0 Å². The number of rotatable bonds is 6. The van der Waals surface area contributed by atoms with Crippen LogP contribution in [0, 0.1) is 17.0 Å². The standard InChI is InChI=1S/C17H16N2O6/c1-11-3-4-12(9-15(11)24-2)17(21)25-10-16(20)18-13-5-7-14(8-6-13)19(22)23/h3-9H,10H2,1-2H3,(H,18,20). The molecular weight excluding hydrogens is 328 g/mol. The van der Waals surface area contributed by atoms with Crippen LogP contribution in [0.5, 0.6) is 5.75 Å². The van der Waals surface area contributed by atoms with Crippen LogP contribution in [-0.2, 0) is 9.53 Å². The fourth-order valence-electron chi connectivity index (χ4n) is 2.02. The molecule has 2 rings (SSSR count). The van der Waals surface area contributed by atoms with E-state index in [1.807, 2.05) is 6.92 Å². The van der Waals surface area contributed by atoms with Gasteiger partial charge in [0.15, 0.2) is 6.61 Å². The lowest BCUT2D eigenvalue weighted by atomic mass is 10.1. The maximum absolute atomic E-state index is 12.0. The summed E-state index contributed by atoms with van der Waals surface area (Å²) < 4.78 is 10.1. The van der Waals surface area contributed by atoms with E-state index in [-0.39, 0.29) is 11.3 Å². The Bertz CT molecular complexity index is 801. The number of esters is 1. The molecule has 0 aliphatic rings. The Morgan fingerprint density at radius 1 is 1.16 bits per heavy atom. The Kier molecular flexibility index (Phi) is 5.67. The number of nitro benzene ring substituents is 1. The number of hydrogen-bond donors (Lipinski definition) is 1. The van der Waals surface area contributed by atoms with E-state index in [1.165, 1.54) is 37.4 Å². The monoisotopic (exact) mass is 344 g/mol. The molecule has 0 atom stereocenters. The van der Waals surface area contributed by atoms with Gasteiger partial charge in [-0.1, -0.05) is 6.07 Å². The SMILES string of the molecule is COc1cc(C(=O)OCC(=O)Nc2ccc([N+](=O)[O-])cc2)ccc1C. The fourth-order valence-corrected chi connectivity index (χ4v) is 2.02. The molecule has 130 valence electrons. The van der Waals surface area contributed by atoms with Gasteiger partial charge < -0.3 is 14.8 Å². The lowest BCUT2D eigenvalue weighted by Gasteiger charge is -2.08. The molecule has 2 aromatic carbocycles. The summed E-state index contributed by atoms with van der Waals surface area (Å²) >= 11 is 0. The highest BCUT2D eigenvalue weighted by Crippen LogP contribution is 2.19. The minimum atomic E-state index is -0.655. The number of carbonyl (C=O) groups is 2. The predicted octanol–water partition coefficient (Wildman–Crippen LogP) is 2.71. The van der Waals surface area contributed by atoms with Crippen molar-refractivity contribution in [3.63, 3.8) is 0 Å². The van der Waals surface area contributed by atoms with E-state index >= 15 is 0 Å². The number of benzene rings is 2. The molecule has 0 aliphatic carbocycles. The maximum atomic E-state index is 12.0. The maximum Gasteiger partial charge on any atom is 0.338 e. The Balaban J connectivity index is 1.91. The molecule has 0 radical (unpaired) electrons. The van der Waals surface area contributed by atoms with Gasteiger partial charge in [0.2, 0.25) is 0 Å². The molecule has 0 fully saturated rings. The Labute approximate surface area is 143 Å². The highest BCUT2D eigenvalue weighted by Gasteiger charge is 2.13. The lowest BCUT2D eigenvalue weighted by Crippen LogP contribution is -2.21. The molecule has 25 heavy (non-hydrogen) atoms. The summed E-state index contributed by atoms with van der Waals surface area (Å²) in [5.41, 5.74) is 1.42. The summed E-state index contributed by atoms with van der Waals surface area (Å²) in [4.78, 5) is 33.8. The van der Waals surface area contributed by atoms with E-state index in [1.54, 1.807) is 12.1 Å². The van der Waals surface area contributed by atoms with Gasteiger partial charge in [-0.15, -0.1) is 0 Å². The number of nitrogens with one attached hydrogen (secondary N) is 1. The molecule has 1 N–H and O–H groups in total. The molecule has 8 heteroatoms. The first-order valence-electron chi connectivity index (χ1n) is 7.27. The first-order valence-corrected chi connectivity index (χ1v) is 7.27. The summed E-state index contributed by atoms with van der Waals surface area (Å²) in [7, 11) is 1.50. The van der Waals surface area contributed by atoms with Gasteiger partial charge in [0.25, 0.3) is 11.6 Å². The number of non-ortho nitro benzene ring substituents is 1. The number of nitro groups is 1. The molecule has 0 unspecified atom stereocenters. The van der Waals surface area contributed by atoms with Crippen LogP contribution in [0.4, 0.5) is 11.4 Å². The van der Waals surface area contributed by atoms with E-state index in [4.69, 9.17) is 9.47 Å². The van der Waals surface area contributed by atoms with Crippen molar-refractivity contribution in [1.29, 1.82) is 0 Å². The fraction of sp³-hybridized carbons (Fsp3) is 0.176. The Morgan fingerprint density at radius 2 is 1.84 bits per heavy atom. The number of methoxy groups -OCH3 is 1. The minimum absolute atomic E-state index is 0.0854. The van der Waals surface area contributed by atoms with Crippen molar-refractivity contribution in [3.05, 3.63) is 63.7 Å². The number of ether oxygens (including phenoxy) is 2. The van der Waals surface area contributed by atoms with Crippen LogP contribution in [0.2, 0.25) is 0 Å². The second kappa shape index (κ2) is 7.91. The topological polar surface area (TPSA) is 108 Å². The highest BCUT2D eigenvalue weighted by molar-refractivity contribution is 5.95. The molecule has 1 amide bonds. The van der Waals surface area contributed by atoms with Crippen molar-refractivity contribution in [2.45, 2.75) is 6.92 Å². The predicted molar refractivity (Wildman–Crippen MR) is 89.7 cm³/mol. The zero-order valence-corrected chi connectivity index (χ0v) is 13.6. The van der Waals surface area contributed by atoms with Crippen LogP contribution in [0.15, 0.2) is 42.5 Å². The molecule has 2 aromatic rings. The van der Waals surface area contributed by atoms with Crippen LogP contribution in [0.3, 0.4) is 0 Å². The van der Waals surface area contributed by atoms with E-state index < -0.39 is 23.4 Å². The molecule has 0 aromatic heterocycles. The quantitative estimate of drug-likeness (QED) is 0.490. The number of anilines is 1. The molecule has 0 spiro atoms. The second-order valence-corrected chi connectivity index (χ2v) is 5.11. The van der Waals surface area contributed by atoms with Gasteiger partial charge in [0.1, 0.15) is 5.75 Å². The van der Waals surface area contributed by atoms with E-state index in [0.717, 1.165) is 5.56 Å². The largest absolute Gasteiger partial charge is 0.496 e. The molecule has 0 bridgehead atoms. The number of aryl methyl sites for hydroxylation is 1. The van der Waals surface area contributed by atoms with E-state index in [9.17, 15) is 19.7 Å². The van der Waals surface area contributed by atoms with Gasteiger partial charge in [-0.25, -0.2) is 4.79 Å². The normalized spacial score (nSPS) is 10.0.